The van der Waals surface area contributed by atoms with Crippen LogP contribution in [0.15, 0.2) is 42.1 Å². The molecule has 8 heteroatoms. The molecule has 0 saturated carbocycles. The van der Waals surface area contributed by atoms with Crippen molar-refractivity contribution in [3.63, 3.8) is 0 Å². The normalized spacial score (nSPS) is 14.9. The Hall–Kier alpha value is -3.06. The fourth-order valence-electron chi connectivity index (χ4n) is 2.49. The number of ether oxygens (including phenoxy) is 2. The Kier molecular flexibility index (Phi) is 5.61. The van der Waals surface area contributed by atoms with Gasteiger partial charge in [-0.2, -0.15) is 0 Å². The van der Waals surface area contributed by atoms with Crippen LogP contribution >= 0.6 is 11.6 Å². The van der Waals surface area contributed by atoms with Crippen molar-refractivity contribution >= 4 is 29.6 Å². The number of carbonyl (C=O) groups is 2. The molecule has 1 saturated heterocycles. The second-order valence-corrected chi connectivity index (χ2v) is 6.02. The molecule has 3 amide bonds. The van der Waals surface area contributed by atoms with Gasteiger partial charge in [0, 0.05) is 5.56 Å². The van der Waals surface area contributed by atoms with E-state index in [2.05, 4.69) is 10.6 Å². The van der Waals surface area contributed by atoms with Gasteiger partial charge >= 0.3 is 6.03 Å². The molecule has 0 bridgehead atoms. The molecule has 0 aliphatic carbocycles. The van der Waals surface area contributed by atoms with Crippen LogP contribution in [0, 0.1) is 5.82 Å². The molecule has 140 valence electrons. The maximum atomic E-state index is 13.8. The molecule has 0 spiro atoms. The Balaban J connectivity index is 1.88. The molecule has 3 rings (SSSR count). The predicted octanol–water partition coefficient (Wildman–Crippen LogP) is 3.64. The molecule has 1 aliphatic heterocycles. The maximum absolute atomic E-state index is 13.8. The molecule has 6 nitrogen and oxygen atoms in total. The summed E-state index contributed by atoms with van der Waals surface area (Å²) in [5.41, 5.74) is 1.01. The lowest BCUT2D eigenvalue weighted by Crippen LogP contribution is -2.22. The Labute approximate surface area is 159 Å². The smallest absolute Gasteiger partial charge is 0.326 e. The number of carbonyl (C=O) groups excluding carboxylic acids is 2. The topological polar surface area (TPSA) is 76.7 Å². The average molecular weight is 391 g/mol. The molecule has 1 heterocycles. The van der Waals surface area contributed by atoms with Crippen molar-refractivity contribution in [2.24, 2.45) is 0 Å². The quantitative estimate of drug-likeness (QED) is 0.583. The summed E-state index contributed by atoms with van der Waals surface area (Å²) < 4.78 is 25.0. The van der Waals surface area contributed by atoms with Crippen LogP contribution in [0.5, 0.6) is 11.5 Å². The highest BCUT2D eigenvalue weighted by Crippen LogP contribution is 2.38. The lowest BCUT2D eigenvalue weighted by atomic mass is 10.1. The fourth-order valence-corrected chi connectivity index (χ4v) is 2.76. The number of rotatable bonds is 6. The van der Waals surface area contributed by atoms with Crippen LogP contribution < -0.4 is 20.1 Å². The van der Waals surface area contributed by atoms with E-state index >= 15 is 0 Å². The number of hydrogen-bond donors (Lipinski definition) is 2. The summed E-state index contributed by atoms with van der Waals surface area (Å²) >= 11 is 6.31. The van der Waals surface area contributed by atoms with E-state index in [0.717, 1.165) is 0 Å². The molecule has 2 N–H and O–H groups in total. The van der Waals surface area contributed by atoms with E-state index in [4.69, 9.17) is 21.1 Å². The summed E-state index contributed by atoms with van der Waals surface area (Å²) in [5, 5.41) is 4.74. The molecule has 1 aliphatic rings. The molecule has 0 unspecified atom stereocenters. The van der Waals surface area contributed by atoms with Gasteiger partial charge in [0.2, 0.25) is 0 Å². The predicted molar refractivity (Wildman–Crippen MR) is 98.0 cm³/mol. The second kappa shape index (κ2) is 8.09. The highest BCUT2D eigenvalue weighted by atomic mass is 35.5. The molecule has 0 aromatic heterocycles. The van der Waals surface area contributed by atoms with Crippen molar-refractivity contribution in [1.29, 1.82) is 0 Å². The summed E-state index contributed by atoms with van der Waals surface area (Å²) in [5.74, 6) is -0.299. The van der Waals surface area contributed by atoms with Gasteiger partial charge in [0.15, 0.2) is 11.5 Å². The highest BCUT2D eigenvalue weighted by Gasteiger charge is 2.23. The van der Waals surface area contributed by atoms with E-state index < -0.39 is 11.9 Å². The number of imide groups is 1. The van der Waals surface area contributed by atoms with E-state index in [1.807, 2.05) is 0 Å². The number of nitrogens with one attached hydrogen (secondary N) is 2. The zero-order chi connectivity index (χ0) is 19.4. The number of hydrogen-bond acceptors (Lipinski definition) is 4. The van der Waals surface area contributed by atoms with E-state index in [1.165, 1.54) is 12.1 Å². The molecular weight excluding hydrogens is 375 g/mol. The van der Waals surface area contributed by atoms with Gasteiger partial charge in [0.25, 0.3) is 5.91 Å². The van der Waals surface area contributed by atoms with Gasteiger partial charge in [0.1, 0.15) is 18.1 Å². The number of amides is 3. The minimum atomic E-state index is -0.591. The Morgan fingerprint density at radius 3 is 2.59 bits per heavy atom. The minimum Gasteiger partial charge on any atom is -0.490 e. The first-order valence-electron chi connectivity index (χ1n) is 8.14. The summed E-state index contributed by atoms with van der Waals surface area (Å²) in [6.07, 6.45) is 1.47. The molecule has 0 radical (unpaired) electrons. The van der Waals surface area contributed by atoms with Crippen molar-refractivity contribution in [1.82, 2.24) is 10.6 Å². The Bertz CT molecular complexity index is 930. The summed E-state index contributed by atoms with van der Waals surface area (Å²) in [4.78, 5) is 22.9. The monoisotopic (exact) mass is 390 g/mol. The van der Waals surface area contributed by atoms with E-state index in [0.29, 0.717) is 23.5 Å². The standard InChI is InChI=1S/C19H16ClFN2O4/c1-2-26-16-9-11(8-15-18(24)23-19(25)22-15)7-13(20)17(16)27-10-12-5-3-4-6-14(12)21/h3-9H,2,10H2,1H3,(H2,22,23,24,25)/b15-8+. The van der Waals surface area contributed by atoms with E-state index in [9.17, 15) is 14.0 Å². The molecule has 2 aromatic rings. The van der Waals surface area contributed by atoms with Gasteiger partial charge in [-0.05, 0) is 36.8 Å². The van der Waals surface area contributed by atoms with Crippen LogP contribution in [-0.2, 0) is 11.4 Å². The van der Waals surface area contributed by atoms with Crippen LogP contribution in [0.2, 0.25) is 5.02 Å². The third-order valence-corrected chi connectivity index (χ3v) is 3.97. The van der Waals surface area contributed by atoms with Crippen molar-refractivity contribution in [3.05, 3.63) is 64.1 Å². The zero-order valence-corrected chi connectivity index (χ0v) is 15.1. The van der Waals surface area contributed by atoms with Gasteiger partial charge in [-0.3, -0.25) is 10.1 Å². The lowest BCUT2D eigenvalue weighted by molar-refractivity contribution is -0.115. The Morgan fingerprint density at radius 1 is 1.15 bits per heavy atom. The SMILES string of the molecule is CCOc1cc(/C=C2/NC(=O)NC2=O)cc(Cl)c1OCc1ccccc1F. The first-order chi connectivity index (χ1) is 13.0. The van der Waals surface area contributed by atoms with Crippen LogP contribution in [0.3, 0.4) is 0 Å². The molecule has 27 heavy (non-hydrogen) atoms. The third-order valence-electron chi connectivity index (χ3n) is 3.69. The molecular formula is C19H16ClFN2O4. The number of benzene rings is 2. The second-order valence-electron chi connectivity index (χ2n) is 5.61. The first kappa shape index (κ1) is 18.7. The maximum Gasteiger partial charge on any atom is 0.326 e. The number of halogens is 2. The summed E-state index contributed by atoms with van der Waals surface area (Å²) in [7, 11) is 0. The lowest BCUT2D eigenvalue weighted by Gasteiger charge is -2.15. The van der Waals surface area contributed by atoms with Crippen LogP contribution in [0.4, 0.5) is 9.18 Å². The van der Waals surface area contributed by atoms with Crippen molar-refractivity contribution in [3.8, 4) is 11.5 Å². The van der Waals surface area contributed by atoms with E-state index in [1.54, 1.807) is 37.3 Å². The Morgan fingerprint density at radius 2 is 1.93 bits per heavy atom. The van der Waals surface area contributed by atoms with E-state index in [-0.39, 0.29) is 28.9 Å². The number of urea groups is 1. The van der Waals surface area contributed by atoms with Gasteiger partial charge in [-0.15, -0.1) is 0 Å². The average Bonchev–Trinajstić information content (AvgIpc) is 2.93. The highest BCUT2D eigenvalue weighted by molar-refractivity contribution is 6.32. The summed E-state index contributed by atoms with van der Waals surface area (Å²) in [6.45, 7) is 2.12. The van der Waals surface area contributed by atoms with Crippen molar-refractivity contribution < 1.29 is 23.5 Å². The van der Waals surface area contributed by atoms with Gasteiger partial charge < -0.3 is 14.8 Å². The summed E-state index contributed by atoms with van der Waals surface area (Å²) in [6, 6.07) is 8.86. The van der Waals surface area contributed by atoms with Crippen LogP contribution in [0.1, 0.15) is 18.1 Å². The molecule has 2 aromatic carbocycles. The third kappa shape index (κ3) is 4.38. The molecule has 0 atom stereocenters. The van der Waals surface area contributed by atoms with Crippen molar-refractivity contribution in [2.75, 3.05) is 6.61 Å². The largest absolute Gasteiger partial charge is 0.490 e. The molecule has 1 fully saturated rings. The minimum absolute atomic E-state index is 0.0225. The van der Waals surface area contributed by atoms with Crippen LogP contribution in [-0.4, -0.2) is 18.5 Å². The fraction of sp³-hybridized carbons (Fsp3) is 0.158. The first-order valence-corrected chi connectivity index (χ1v) is 8.52. The van der Waals surface area contributed by atoms with Gasteiger partial charge in [-0.1, -0.05) is 29.8 Å². The van der Waals surface area contributed by atoms with Crippen molar-refractivity contribution in [2.45, 2.75) is 13.5 Å². The van der Waals surface area contributed by atoms with Gasteiger partial charge in [0.05, 0.1) is 11.6 Å². The van der Waals surface area contributed by atoms with Gasteiger partial charge in [-0.25, -0.2) is 9.18 Å². The zero-order valence-electron chi connectivity index (χ0n) is 14.3. The van der Waals surface area contributed by atoms with Crippen LogP contribution in [0.25, 0.3) is 6.08 Å².